The standard InChI is InChI=1S/C23H17F3N6O3S/c1-27-23(33)21-12-7-6-11(18(25)20(12)29-30-21)17-13(24)8-9-14(19(17)26)31-36(34,35)16-5-3-4-15-22(16)32(2)10-28-15/h3-10,31H,1-2H3,(H,27,33)(H,29,30). The fourth-order valence-electron chi connectivity index (χ4n) is 4.01. The van der Waals surface area contributed by atoms with Gasteiger partial charge in [0.2, 0.25) is 0 Å². The fraction of sp³-hybridized carbons (Fsp3) is 0.0870. The van der Waals surface area contributed by atoms with E-state index in [-0.39, 0.29) is 27.0 Å². The van der Waals surface area contributed by atoms with Gasteiger partial charge in [-0.3, -0.25) is 14.6 Å². The fourth-order valence-corrected chi connectivity index (χ4v) is 5.33. The van der Waals surface area contributed by atoms with Crippen molar-refractivity contribution in [2.24, 2.45) is 7.05 Å². The molecule has 0 aliphatic carbocycles. The number of aryl methyl sites for hydroxylation is 1. The average Bonchev–Trinajstić information content (AvgIpc) is 3.46. The number of nitrogens with one attached hydrogen (secondary N) is 3. The van der Waals surface area contributed by atoms with Gasteiger partial charge in [0.25, 0.3) is 15.9 Å². The van der Waals surface area contributed by atoms with Gasteiger partial charge >= 0.3 is 0 Å². The summed E-state index contributed by atoms with van der Waals surface area (Å²) >= 11 is 0. The van der Waals surface area contributed by atoms with E-state index < -0.39 is 50.2 Å². The molecule has 0 bridgehead atoms. The first kappa shape index (κ1) is 23.4. The van der Waals surface area contributed by atoms with Gasteiger partial charge in [0.15, 0.2) is 17.3 Å². The van der Waals surface area contributed by atoms with Gasteiger partial charge in [0, 0.05) is 25.0 Å². The molecule has 2 aromatic heterocycles. The molecule has 13 heteroatoms. The van der Waals surface area contributed by atoms with Crippen molar-refractivity contribution < 1.29 is 26.4 Å². The van der Waals surface area contributed by atoms with Gasteiger partial charge in [0.05, 0.1) is 28.6 Å². The number of halogens is 3. The molecule has 3 N–H and O–H groups in total. The van der Waals surface area contributed by atoms with E-state index in [1.807, 2.05) is 0 Å². The summed E-state index contributed by atoms with van der Waals surface area (Å²) in [7, 11) is -1.37. The maximum Gasteiger partial charge on any atom is 0.272 e. The Morgan fingerprint density at radius 2 is 1.83 bits per heavy atom. The Bertz CT molecular complexity index is 1800. The SMILES string of the molecule is CNC(=O)c1n[nH]c2c(F)c(-c3c(F)ccc(NS(=O)(=O)c4cccc5ncn(C)c45)c3F)ccc12. The van der Waals surface area contributed by atoms with Crippen molar-refractivity contribution in [2.45, 2.75) is 4.90 Å². The van der Waals surface area contributed by atoms with Crippen molar-refractivity contribution in [1.82, 2.24) is 25.1 Å². The summed E-state index contributed by atoms with van der Waals surface area (Å²) in [5.41, 5.74) is -1.49. The summed E-state index contributed by atoms with van der Waals surface area (Å²) in [5, 5.41) is 8.61. The topological polar surface area (TPSA) is 122 Å². The zero-order valence-corrected chi connectivity index (χ0v) is 19.5. The van der Waals surface area contributed by atoms with Gasteiger partial charge in [-0.15, -0.1) is 0 Å². The molecule has 5 aromatic rings. The van der Waals surface area contributed by atoms with E-state index in [4.69, 9.17) is 0 Å². The Balaban J connectivity index is 1.62. The van der Waals surface area contributed by atoms with Crippen LogP contribution in [0.25, 0.3) is 33.1 Å². The third-order valence-corrected chi connectivity index (χ3v) is 7.11. The number of imidazole rings is 1. The lowest BCUT2D eigenvalue weighted by Crippen LogP contribution is -2.18. The number of amides is 1. The number of benzene rings is 3. The number of hydrogen-bond acceptors (Lipinski definition) is 5. The Morgan fingerprint density at radius 3 is 2.58 bits per heavy atom. The second-order valence-electron chi connectivity index (χ2n) is 7.87. The van der Waals surface area contributed by atoms with Gasteiger partial charge in [0.1, 0.15) is 16.2 Å². The minimum Gasteiger partial charge on any atom is -0.354 e. The van der Waals surface area contributed by atoms with Crippen molar-refractivity contribution in [3.05, 3.63) is 71.9 Å². The van der Waals surface area contributed by atoms with E-state index >= 15 is 8.78 Å². The number of para-hydroxylation sites is 1. The summed E-state index contributed by atoms with van der Waals surface area (Å²) in [6, 6.07) is 8.55. The van der Waals surface area contributed by atoms with Gasteiger partial charge in [-0.1, -0.05) is 12.1 Å². The van der Waals surface area contributed by atoms with Crippen LogP contribution in [0.1, 0.15) is 10.5 Å². The van der Waals surface area contributed by atoms with Crippen molar-refractivity contribution in [3.63, 3.8) is 0 Å². The molecule has 1 amide bonds. The van der Waals surface area contributed by atoms with Crippen LogP contribution in [0.4, 0.5) is 18.9 Å². The highest BCUT2D eigenvalue weighted by Crippen LogP contribution is 2.36. The molecule has 0 spiro atoms. The summed E-state index contributed by atoms with van der Waals surface area (Å²) in [4.78, 5) is 15.9. The summed E-state index contributed by atoms with van der Waals surface area (Å²) in [6.07, 6.45) is 1.43. The van der Waals surface area contributed by atoms with Crippen LogP contribution in [0.2, 0.25) is 0 Å². The molecule has 0 radical (unpaired) electrons. The zero-order valence-electron chi connectivity index (χ0n) is 18.7. The van der Waals surface area contributed by atoms with Gasteiger partial charge in [-0.05, 0) is 30.3 Å². The van der Waals surface area contributed by atoms with Crippen LogP contribution < -0.4 is 10.0 Å². The number of fused-ring (bicyclic) bond motifs is 2. The van der Waals surface area contributed by atoms with Crippen molar-refractivity contribution in [3.8, 4) is 11.1 Å². The van der Waals surface area contributed by atoms with Crippen LogP contribution in [0.5, 0.6) is 0 Å². The molecule has 9 nitrogen and oxygen atoms in total. The van der Waals surface area contributed by atoms with Gasteiger partial charge in [-0.25, -0.2) is 26.6 Å². The van der Waals surface area contributed by atoms with E-state index in [1.165, 1.54) is 36.1 Å². The molecule has 0 aliphatic heterocycles. The summed E-state index contributed by atoms with van der Waals surface area (Å²) in [6.45, 7) is 0. The summed E-state index contributed by atoms with van der Waals surface area (Å²) < 4.78 is 75.6. The van der Waals surface area contributed by atoms with Crippen LogP contribution in [0.15, 0.2) is 53.7 Å². The predicted molar refractivity (Wildman–Crippen MR) is 126 cm³/mol. The normalized spacial score (nSPS) is 11.8. The number of carbonyl (C=O) groups is 1. The molecule has 2 heterocycles. The number of sulfonamides is 1. The van der Waals surface area contributed by atoms with Crippen LogP contribution in [-0.2, 0) is 17.1 Å². The predicted octanol–water partition coefficient (Wildman–Crippen LogP) is 3.69. The molecule has 0 saturated heterocycles. The zero-order chi connectivity index (χ0) is 25.8. The minimum atomic E-state index is -4.35. The first-order chi connectivity index (χ1) is 17.1. The largest absolute Gasteiger partial charge is 0.354 e. The Morgan fingerprint density at radius 1 is 1.06 bits per heavy atom. The minimum absolute atomic E-state index is 0.0928. The maximum atomic E-state index is 15.5. The number of H-pyrrole nitrogens is 1. The number of aromatic nitrogens is 4. The molecule has 36 heavy (non-hydrogen) atoms. The van der Waals surface area contributed by atoms with E-state index in [1.54, 1.807) is 13.1 Å². The van der Waals surface area contributed by atoms with Crippen molar-refractivity contribution in [1.29, 1.82) is 0 Å². The number of hydrogen-bond donors (Lipinski definition) is 3. The first-order valence-corrected chi connectivity index (χ1v) is 11.9. The van der Waals surface area contributed by atoms with E-state index in [2.05, 4.69) is 25.2 Å². The molecule has 184 valence electrons. The van der Waals surface area contributed by atoms with Crippen molar-refractivity contribution in [2.75, 3.05) is 11.8 Å². The maximum absolute atomic E-state index is 15.5. The number of carbonyl (C=O) groups excluding carboxylic acids is 1. The second-order valence-corrected chi connectivity index (χ2v) is 9.52. The Labute approximate surface area is 202 Å². The molecule has 0 saturated carbocycles. The molecule has 0 aliphatic rings. The lowest BCUT2D eigenvalue weighted by molar-refractivity contribution is 0.0959. The van der Waals surface area contributed by atoms with Gasteiger partial charge < -0.3 is 9.88 Å². The van der Waals surface area contributed by atoms with Crippen LogP contribution in [0, 0.1) is 17.5 Å². The quantitative estimate of drug-likeness (QED) is 0.330. The molecule has 0 unspecified atom stereocenters. The highest BCUT2D eigenvalue weighted by atomic mass is 32.2. The van der Waals surface area contributed by atoms with Crippen molar-refractivity contribution >= 4 is 43.6 Å². The van der Waals surface area contributed by atoms with Crippen LogP contribution >= 0.6 is 0 Å². The third-order valence-electron chi connectivity index (χ3n) is 5.71. The second kappa shape index (κ2) is 8.37. The monoisotopic (exact) mass is 514 g/mol. The van der Waals surface area contributed by atoms with Gasteiger partial charge in [-0.2, -0.15) is 5.10 Å². The highest BCUT2D eigenvalue weighted by molar-refractivity contribution is 7.93. The average molecular weight is 514 g/mol. The molecular weight excluding hydrogens is 497 g/mol. The molecule has 0 atom stereocenters. The number of anilines is 1. The highest BCUT2D eigenvalue weighted by Gasteiger charge is 2.26. The Hall–Kier alpha value is -4.39. The lowest BCUT2D eigenvalue weighted by atomic mass is 10.0. The van der Waals surface area contributed by atoms with Crippen LogP contribution in [-0.4, -0.2) is 41.1 Å². The smallest absolute Gasteiger partial charge is 0.272 e. The first-order valence-electron chi connectivity index (χ1n) is 10.4. The number of aromatic amines is 1. The molecule has 5 rings (SSSR count). The van der Waals surface area contributed by atoms with E-state index in [9.17, 15) is 17.6 Å². The lowest BCUT2D eigenvalue weighted by Gasteiger charge is -2.14. The van der Waals surface area contributed by atoms with Crippen LogP contribution in [0.3, 0.4) is 0 Å². The Kier molecular flexibility index (Phi) is 5.43. The number of rotatable bonds is 5. The third kappa shape index (κ3) is 3.55. The molecule has 0 fully saturated rings. The molecular formula is C23H17F3N6O3S. The summed E-state index contributed by atoms with van der Waals surface area (Å²) in [5.74, 6) is -4.08. The number of nitrogens with zero attached hydrogens (tertiary/aromatic N) is 3. The van der Waals surface area contributed by atoms with E-state index in [0.29, 0.717) is 5.52 Å². The van der Waals surface area contributed by atoms with E-state index in [0.717, 1.165) is 18.2 Å². The molecule has 3 aromatic carbocycles.